The van der Waals surface area contributed by atoms with Gasteiger partial charge in [-0.3, -0.25) is 5.41 Å². The lowest BCUT2D eigenvalue weighted by Crippen LogP contribution is -2.35. The first-order chi connectivity index (χ1) is 8.79. The molecule has 0 amide bonds. The van der Waals surface area contributed by atoms with E-state index in [9.17, 15) is 17.6 Å². The highest BCUT2D eigenvalue weighted by Crippen LogP contribution is 2.24. The Morgan fingerprint density at radius 3 is 2.21 bits per heavy atom. The largest absolute Gasteiger partial charge is 0.483 e. The Kier molecular flexibility index (Phi) is 4.74. The number of methoxy groups -OCH3 is 1. The van der Waals surface area contributed by atoms with Crippen LogP contribution in [0.25, 0.3) is 0 Å². The van der Waals surface area contributed by atoms with Gasteiger partial charge in [0.2, 0.25) is 5.90 Å². The number of rotatable bonds is 4. The number of hydrogen-bond donors (Lipinski definition) is 2. The van der Waals surface area contributed by atoms with E-state index in [0.29, 0.717) is 6.07 Å². The van der Waals surface area contributed by atoms with Crippen molar-refractivity contribution in [2.24, 2.45) is 5.92 Å². The van der Waals surface area contributed by atoms with Crippen LogP contribution in [0.2, 0.25) is 0 Å². The Labute approximate surface area is 108 Å². The van der Waals surface area contributed by atoms with Crippen LogP contribution in [0.3, 0.4) is 0 Å². The molecule has 1 aromatic rings. The summed E-state index contributed by atoms with van der Waals surface area (Å²) in [5.41, 5.74) is -0.558. The van der Waals surface area contributed by atoms with Gasteiger partial charge in [-0.1, -0.05) is 13.8 Å². The molecule has 0 aliphatic carbocycles. The molecule has 0 radical (unpaired) electrons. The highest BCUT2D eigenvalue weighted by molar-refractivity contribution is 5.82. The summed E-state index contributed by atoms with van der Waals surface area (Å²) in [7, 11) is 1.25. The molecule has 1 aromatic carbocycles. The predicted octanol–water partition coefficient (Wildman–Crippen LogP) is 3.30. The topological polar surface area (TPSA) is 45.1 Å². The zero-order chi connectivity index (χ0) is 14.7. The third-order valence-electron chi connectivity index (χ3n) is 2.58. The lowest BCUT2D eigenvalue weighted by atomic mass is 10.0. The lowest BCUT2D eigenvalue weighted by molar-refractivity contribution is 0.365. The molecule has 0 fully saturated rings. The Balaban J connectivity index is 3.14. The average molecular weight is 278 g/mol. The van der Waals surface area contributed by atoms with E-state index in [1.165, 1.54) is 7.11 Å². The fraction of sp³-hybridized carbons (Fsp3) is 0.417. The van der Waals surface area contributed by atoms with Crippen LogP contribution in [0.1, 0.15) is 13.8 Å². The SMILES string of the molecule is COC(=N)C(Nc1cc(F)c(F)c(F)c1F)C(C)C. The minimum Gasteiger partial charge on any atom is -0.483 e. The fourth-order valence-corrected chi connectivity index (χ4v) is 1.51. The van der Waals surface area contributed by atoms with Gasteiger partial charge in [-0.05, 0) is 5.92 Å². The van der Waals surface area contributed by atoms with E-state index in [2.05, 4.69) is 5.32 Å². The molecule has 1 atom stereocenters. The second kappa shape index (κ2) is 5.90. The van der Waals surface area contributed by atoms with E-state index in [1.54, 1.807) is 13.8 Å². The summed E-state index contributed by atoms with van der Waals surface area (Å²) >= 11 is 0. The molecule has 7 heteroatoms. The van der Waals surface area contributed by atoms with Crippen LogP contribution in [0.4, 0.5) is 23.2 Å². The summed E-state index contributed by atoms with van der Waals surface area (Å²) in [5.74, 6) is -7.23. The van der Waals surface area contributed by atoms with Gasteiger partial charge in [0.15, 0.2) is 23.3 Å². The first kappa shape index (κ1) is 15.3. The van der Waals surface area contributed by atoms with Crippen molar-refractivity contribution >= 4 is 11.6 Å². The van der Waals surface area contributed by atoms with E-state index in [1.807, 2.05) is 0 Å². The number of anilines is 1. The lowest BCUT2D eigenvalue weighted by Gasteiger charge is -2.23. The zero-order valence-corrected chi connectivity index (χ0v) is 10.7. The summed E-state index contributed by atoms with van der Waals surface area (Å²) in [6, 6.07) is -0.282. The normalized spacial score (nSPS) is 12.4. The predicted molar refractivity (Wildman–Crippen MR) is 63.3 cm³/mol. The van der Waals surface area contributed by atoms with Gasteiger partial charge in [-0.2, -0.15) is 0 Å². The van der Waals surface area contributed by atoms with Crippen molar-refractivity contribution in [1.29, 1.82) is 5.41 Å². The summed E-state index contributed by atoms with van der Waals surface area (Å²) in [4.78, 5) is 0. The highest BCUT2D eigenvalue weighted by Gasteiger charge is 2.24. The Morgan fingerprint density at radius 1 is 1.16 bits per heavy atom. The van der Waals surface area contributed by atoms with Gasteiger partial charge in [0.25, 0.3) is 0 Å². The van der Waals surface area contributed by atoms with E-state index in [4.69, 9.17) is 10.1 Å². The molecule has 1 rings (SSSR count). The summed E-state index contributed by atoms with van der Waals surface area (Å²) in [6.07, 6.45) is 0. The van der Waals surface area contributed by atoms with Crippen LogP contribution in [0.15, 0.2) is 6.07 Å². The van der Waals surface area contributed by atoms with Gasteiger partial charge in [0, 0.05) is 6.07 Å². The van der Waals surface area contributed by atoms with Gasteiger partial charge in [0.1, 0.15) is 6.04 Å². The second-order valence-electron chi connectivity index (χ2n) is 4.28. The second-order valence-corrected chi connectivity index (χ2v) is 4.28. The standard InChI is InChI=1S/C12H14F4N2O/c1-5(2)11(12(17)19-3)18-7-4-6(13)8(14)10(16)9(7)15/h4-5,11,17-18H,1-3H3. The molecule has 0 saturated heterocycles. The molecule has 3 nitrogen and oxygen atoms in total. The van der Waals surface area contributed by atoms with Crippen molar-refractivity contribution < 1.29 is 22.3 Å². The molecule has 1 unspecified atom stereocenters. The van der Waals surface area contributed by atoms with Gasteiger partial charge < -0.3 is 10.1 Å². The van der Waals surface area contributed by atoms with Crippen LogP contribution in [-0.2, 0) is 4.74 Å². The molecule has 2 N–H and O–H groups in total. The number of nitrogens with one attached hydrogen (secondary N) is 2. The van der Waals surface area contributed by atoms with Gasteiger partial charge in [-0.25, -0.2) is 17.6 Å². The van der Waals surface area contributed by atoms with Crippen molar-refractivity contribution in [3.63, 3.8) is 0 Å². The van der Waals surface area contributed by atoms with E-state index in [0.717, 1.165) is 0 Å². The summed E-state index contributed by atoms with van der Waals surface area (Å²) < 4.78 is 57.1. The number of halogens is 4. The van der Waals surface area contributed by atoms with Gasteiger partial charge in [0.05, 0.1) is 12.8 Å². The van der Waals surface area contributed by atoms with Crippen molar-refractivity contribution in [1.82, 2.24) is 0 Å². The minimum absolute atomic E-state index is 0.206. The maximum Gasteiger partial charge on any atom is 0.203 e. The minimum atomic E-state index is -1.89. The average Bonchev–Trinajstić information content (AvgIpc) is 2.37. The van der Waals surface area contributed by atoms with Crippen LogP contribution >= 0.6 is 0 Å². The maximum atomic E-state index is 13.5. The molecule has 0 heterocycles. The van der Waals surface area contributed by atoms with Gasteiger partial charge >= 0.3 is 0 Å². The van der Waals surface area contributed by atoms with E-state index in [-0.39, 0.29) is 11.8 Å². The third kappa shape index (κ3) is 3.15. The molecule has 0 bridgehead atoms. The Hall–Kier alpha value is -1.79. The summed E-state index contributed by atoms with van der Waals surface area (Å²) in [6.45, 7) is 3.42. The number of hydrogen-bond acceptors (Lipinski definition) is 3. The van der Waals surface area contributed by atoms with Crippen LogP contribution in [0, 0.1) is 34.6 Å². The first-order valence-corrected chi connectivity index (χ1v) is 5.51. The van der Waals surface area contributed by atoms with Crippen LogP contribution in [-0.4, -0.2) is 19.0 Å². The van der Waals surface area contributed by atoms with Crippen molar-refractivity contribution in [3.05, 3.63) is 29.3 Å². The molecule has 0 spiro atoms. The Bertz CT molecular complexity index is 491. The molecule has 0 saturated carbocycles. The summed E-state index contributed by atoms with van der Waals surface area (Å²) in [5, 5.41) is 9.96. The van der Waals surface area contributed by atoms with E-state index < -0.39 is 35.0 Å². The fourth-order valence-electron chi connectivity index (χ4n) is 1.51. The molecule has 0 aromatic heterocycles. The van der Waals surface area contributed by atoms with Crippen molar-refractivity contribution in [2.75, 3.05) is 12.4 Å². The van der Waals surface area contributed by atoms with Gasteiger partial charge in [-0.15, -0.1) is 0 Å². The first-order valence-electron chi connectivity index (χ1n) is 5.51. The molecular weight excluding hydrogens is 264 g/mol. The van der Waals surface area contributed by atoms with Crippen LogP contribution < -0.4 is 5.32 Å². The smallest absolute Gasteiger partial charge is 0.203 e. The molecule has 19 heavy (non-hydrogen) atoms. The Morgan fingerprint density at radius 2 is 1.74 bits per heavy atom. The van der Waals surface area contributed by atoms with Crippen molar-refractivity contribution in [2.45, 2.75) is 19.9 Å². The van der Waals surface area contributed by atoms with Crippen LogP contribution in [0.5, 0.6) is 0 Å². The third-order valence-corrected chi connectivity index (χ3v) is 2.58. The molecule has 0 aliphatic rings. The molecular formula is C12H14F4N2O. The highest BCUT2D eigenvalue weighted by atomic mass is 19.2. The maximum absolute atomic E-state index is 13.5. The molecule has 0 aliphatic heterocycles. The number of ether oxygens (including phenoxy) is 1. The zero-order valence-electron chi connectivity index (χ0n) is 10.7. The monoisotopic (exact) mass is 278 g/mol. The number of benzene rings is 1. The van der Waals surface area contributed by atoms with E-state index >= 15 is 0 Å². The molecule has 106 valence electrons. The quantitative estimate of drug-likeness (QED) is 0.292. The van der Waals surface area contributed by atoms with Crippen molar-refractivity contribution in [3.8, 4) is 0 Å².